The van der Waals surface area contributed by atoms with E-state index in [0.717, 1.165) is 15.6 Å². The second kappa shape index (κ2) is 7.24. The zero-order valence-electron chi connectivity index (χ0n) is 11.7. The van der Waals surface area contributed by atoms with Crippen LogP contribution in [0.4, 0.5) is 11.4 Å². The predicted octanol–water partition coefficient (Wildman–Crippen LogP) is 3.50. The van der Waals surface area contributed by atoms with Crippen molar-refractivity contribution in [3.05, 3.63) is 58.1 Å². The normalized spacial score (nSPS) is 10.4. The standard InChI is InChI=1S/C16H17BrN2O2/c1-11-14(18)3-2-4-15(11)19-16(20)10-21-9-12-5-7-13(17)8-6-12/h2-8H,9-10,18H2,1H3,(H,19,20). The van der Waals surface area contributed by atoms with Gasteiger partial charge in [-0.3, -0.25) is 4.79 Å². The van der Waals surface area contributed by atoms with Crippen molar-refractivity contribution >= 4 is 33.2 Å². The maximum absolute atomic E-state index is 11.8. The molecule has 3 N–H and O–H groups in total. The first kappa shape index (κ1) is 15.5. The number of carbonyl (C=O) groups is 1. The molecule has 0 aliphatic heterocycles. The first-order chi connectivity index (χ1) is 10.1. The van der Waals surface area contributed by atoms with E-state index in [1.165, 1.54) is 0 Å². The van der Waals surface area contributed by atoms with Crippen molar-refractivity contribution in [2.24, 2.45) is 0 Å². The maximum Gasteiger partial charge on any atom is 0.250 e. The molecule has 0 fully saturated rings. The largest absolute Gasteiger partial charge is 0.398 e. The summed E-state index contributed by atoms with van der Waals surface area (Å²) < 4.78 is 6.42. The molecular weight excluding hydrogens is 332 g/mol. The Kier molecular flexibility index (Phi) is 5.36. The van der Waals surface area contributed by atoms with E-state index in [4.69, 9.17) is 10.5 Å². The van der Waals surface area contributed by atoms with E-state index in [1.54, 1.807) is 12.1 Å². The molecule has 21 heavy (non-hydrogen) atoms. The number of hydrogen-bond acceptors (Lipinski definition) is 3. The highest BCUT2D eigenvalue weighted by molar-refractivity contribution is 9.10. The molecule has 0 aliphatic carbocycles. The van der Waals surface area contributed by atoms with Crippen molar-refractivity contribution in [2.45, 2.75) is 13.5 Å². The fraction of sp³-hybridized carbons (Fsp3) is 0.188. The van der Waals surface area contributed by atoms with Crippen LogP contribution in [0.2, 0.25) is 0 Å². The van der Waals surface area contributed by atoms with E-state index in [1.807, 2.05) is 37.3 Å². The van der Waals surface area contributed by atoms with Crippen LogP contribution < -0.4 is 11.1 Å². The van der Waals surface area contributed by atoms with Crippen LogP contribution in [-0.4, -0.2) is 12.5 Å². The van der Waals surface area contributed by atoms with Gasteiger partial charge in [0.25, 0.3) is 0 Å². The zero-order chi connectivity index (χ0) is 15.2. The van der Waals surface area contributed by atoms with Crippen molar-refractivity contribution in [3.63, 3.8) is 0 Å². The number of benzene rings is 2. The number of nitrogens with two attached hydrogens (primary N) is 1. The lowest BCUT2D eigenvalue weighted by Gasteiger charge is -2.10. The smallest absolute Gasteiger partial charge is 0.250 e. The van der Waals surface area contributed by atoms with Gasteiger partial charge in [0, 0.05) is 15.8 Å². The van der Waals surface area contributed by atoms with Crippen LogP contribution >= 0.6 is 15.9 Å². The van der Waals surface area contributed by atoms with Gasteiger partial charge in [0.1, 0.15) is 6.61 Å². The fourth-order valence-electron chi connectivity index (χ4n) is 1.82. The molecule has 0 unspecified atom stereocenters. The number of nitrogens with one attached hydrogen (secondary N) is 1. The Morgan fingerprint density at radius 1 is 1.24 bits per heavy atom. The topological polar surface area (TPSA) is 64.3 Å². The third-order valence-corrected chi connectivity index (χ3v) is 3.59. The molecule has 0 spiro atoms. The van der Waals surface area contributed by atoms with Crippen molar-refractivity contribution in [3.8, 4) is 0 Å². The van der Waals surface area contributed by atoms with Crippen LogP contribution in [0.25, 0.3) is 0 Å². The molecule has 0 heterocycles. The number of ether oxygens (including phenoxy) is 1. The molecule has 0 saturated carbocycles. The van der Waals surface area contributed by atoms with E-state index >= 15 is 0 Å². The fourth-order valence-corrected chi connectivity index (χ4v) is 2.08. The molecule has 0 aromatic heterocycles. The van der Waals surface area contributed by atoms with Gasteiger partial charge in [0.2, 0.25) is 5.91 Å². The zero-order valence-corrected chi connectivity index (χ0v) is 13.3. The first-order valence-corrected chi connectivity index (χ1v) is 7.32. The van der Waals surface area contributed by atoms with Gasteiger partial charge in [-0.05, 0) is 42.3 Å². The van der Waals surface area contributed by atoms with Gasteiger partial charge in [-0.15, -0.1) is 0 Å². The Hall–Kier alpha value is -1.85. The molecule has 5 heteroatoms. The number of nitrogen functional groups attached to an aromatic ring is 1. The highest BCUT2D eigenvalue weighted by Crippen LogP contribution is 2.20. The minimum atomic E-state index is -0.194. The number of carbonyl (C=O) groups excluding carboxylic acids is 1. The van der Waals surface area contributed by atoms with E-state index in [9.17, 15) is 4.79 Å². The maximum atomic E-state index is 11.8. The summed E-state index contributed by atoms with van der Waals surface area (Å²) >= 11 is 3.37. The first-order valence-electron chi connectivity index (χ1n) is 6.53. The van der Waals surface area contributed by atoms with Gasteiger partial charge >= 0.3 is 0 Å². The summed E-state index contributed by atoms with van der Waals surface area (Å²) in [6.07, 6.45) is 0. The number of rotatable bonds is 5. The average Bonchev–Trinajstić information content (AvgIpc) is 2.46. The van der Waals surface area contributed by atoms with Crippen molar-refractivity contribution in [1.82, 2.24) is 0 Å². The summed E-state index contributed by atoms with van der Waals surface area (Å²) in [5.74, 6) is -0.194. The Morgan fingerprint density at radius 3 is 2.67 bits per heavy atom. The highest BCUT2D eigenvalue weighted by atomic mass is 79.9. The molecular formula is C16H17BrN2O2. The number of hydrogen-bond donors (Lipinski definition) is 2. The SMILES string of the molecule is Cc1c(N)cccc1NC(=O)COCc1ccc(Br)cc1. The van der Waals surface area contributed by atoms with Crippen LogP contribution in [0.5, 0.6) is 0 Å². The Labute approximate surface area is 132 Å². The summed E-state index contributed by atoms with van der Waals surface area (Å²) in [6, 6.07) is 13.2. The second-order valence-electron chi connectivity index (χ2n) is 4.69. The molecule has 2 aromatic rings. The van der Waals surface area contributed by atoms with E-state index < -0.39 is 0 Å². The van der Waals surface area contributed by atoms with Crippen LogP contribution in [0.1, 0.15) is 11.1 Å². The summed E-state index contributed by atoms with van der Waals surface area (Å²) in [5.41, 5.74) is 9.05. The van der Waals surface area contributed by atoms with Gasteiger partial charge in [0.05, 0.1) is 6.61 Å². The van der Waals surface area contributed by atoms with E-state index in [0.29, 0.717) is 18.0 Å². The molecule has 0 aliphatic rings. The number of halogens is 1. The van der Waals surface area contributed by atoms with Gasteiger partial charge in [-0.25, -0.2) is 0 Å². The van der Waals surface area contributed by atoms with Crippen LogP contribution in [0.3, 0.4) is 0 Å². The quantitative estimate of drug-likeness (QED) is 0.812. The lowest BCUT2D eigenvalue weighted by atomic mass is 10.1. The number of amides is 1. The molecule has 0 radical (unpaired) electrons. The summed E-state index contributed by atoms with van der Waals surface area (Å²) in [4.78, 5) is 11.8. The molecule has 2 aromatic carbocycles. The van der Waals surface area contributed by atoms with E-state index in [2.05, 4.69) is 21.2 Å². The van der Waals surface area contributed by atoms with E-state index in [-0.39, 0.29) is 12.5 Å². The molecule has 110 valence electrons. The number of anilines is 2. The third kappa shape index (κ3) is 4.58. The van der Waals surface area contributed by atoms with Gasteiger partial charge < -0.3 is 15.8 Å². The van der Waals surface area contributed by atoms with Crippen LogP contribution in [0.15, 0.2) is 46.9 Å². The van der Waals surface area contributed by atoms with Crippen molar-refractivity contribution in [2.75, 3.05) is 17.7 Å². The molecule has 0 bridgehead atoms. The Balaban J connectivity index is 1.82. The molecule has 0 saturated heterocycles. The summed E-state index contributed by atoms with van der Waals surface area (Å²) in [5, 5.41) is 2.79. The molecule has 1 amide bonds. The van der Waals surface area contributed by atoms with Gasteiger partial charge in [0.15, 0.2) is 0 Å². The monoisotopic (exact) mass is 348 g/mol. The summed E-state index contributed by atoms with van der Waals surface area (Å²) in [7, 11) is 0. The average molecular weight is 349 g/mol. The highest BCUT2D eigenvalue weighted by Gasteiger charge is 2.06. The van der Waals surface area contributed by atoms with Crippen molar-refractivity contribution in [1.29, 1.82) is 0 Å². The Bertz CT molecular complexity index is 627. The third-order valence-electron chi connectivity index (χ3n) is 3.06. The minimum Gasteiger partial charge on any atom is -0.398 e. The predicted molar refractivity (Wildman–Crippen MR) is 88.0 cm³/mol. The molecule has 0 atom stereocenters. The van der Waals surface area contributed by atoms with Gasteiger partial charge in [-0.1, -0.05) is 34.1 Å². The van der Waals surface area contributed by atoms with Gasteiger partial charge in [-0.2, -0.15) is 0 Å². The Morgan fingerprint density at radius 2 is 1.95 bits per heavy atom. The second-order valence-corrected chi connectivity index (χ2v) is 5.60. The lowest BCUT2D eigenvalue weighted by Crippen LogP contribution is -2.19. The molecule has 4 nitrogen and oxygen atoms in total. The van der Waals surface area contributed by atoms with Crippen LogP contribution in [-0.2, 0) is 16.1 Å². The van der Waals surface area contributed by atoms with Crippen molar-refractivity contribution < 1.29 is 9.53 Å². The van der Waals surface area contributed by atoms with Crippen LogP contribution in [0, 0.1) is 6.92 Å². The molecule has 2 rings (SSSR count). The summed E-state index contributed by atoms with van der Waals surface area (Å²) in [6.45, 7) is 2.27. The lowest BCUT2D eigenvalue weighted by molar-refractivity contribution is -0.121. The minimum absolute atomic E-state index is 0.00427.